The van der Waals surface area contributed by atoms with Crippen molar-refractivity contribution in [3.05, 3.63) is 23.8 Å². The summed E-state index contributed by atoms with van der Waals surface area (Å²) in [7, 11) is 5.01. The van der Waals surface area contributed by atoms with Gasteiger partial charge in [-0.15, -0.1) is 0 Å². The highest BCUT2D eigenvalue weighted by Gasteiger charge is 2.14. The van der Waals surface area contributed by atoms with Gasteiger partial charge in [0.2, 0.25) is 0 Å². The SMILES string of the molecule is COc1ccc(NCCN)c(C(=O)N(C)C)c1. The minimum Gasteiger partial charge on any atom is -0.497 e. The molecule has 0 aliphatic rings. The number of rotatable bonds is 5. The quantitative estimate of drug-likeness (QED) is 0.793. The van der Waals surface area contributed by atoms with Gasteiger partial charge in [0.1, 0.15) is 5.75 Å². The monoisotopic (exact) mass is 237 g/mol. The molecule has 17 heavy (non-hydrogen) atoms. The highest BCUT2D eigenvalue weighted by molar-refractivity contribution is 5.99. The number of nitrogens with two attached hydrogens (primary N) is 1. The highest BCUT2D eigenvalue weighted by Crippen LogP contribution is 2.22. The van der Waals surface area contributed by atoms with E-state index in [-0.39, 0.29) is 5.91 Å². The van der Waals surface area contributed by atoms with E-state index in [1.807, 2.05) is 12.1 Å². The molecule has 0 radical (unpaired) electrons. The van der Waals surface area contributed by atoms with Crippen molar-refractivity contribution < 1.29 is 9.53 Å². The fraction of sp³-hybridized carbons (Fsp3) is 0.417. The molecule has 94 valence electrons. The molecule has 0 saturated carbocycles. The summed E-state index contributed by atoms with van der Waals surface area (Å²) in [4.78, 5) is 13.5. The van der Waals surface area contributed by atoms with Crippen molar-refractivity contribution in [2.24, 2.45) is 5.73 Å². The van der Waals surface area contributed by atoms with E-state index in [1.54, 1.807) is 27.3 Å². The van der Waals surface area contributed by atoms with Gasteiger partial charge in [-0.05, 0) is 18.2 Å². The summed E-state index contributed by atoms with van der Waals surface area (Å²) in [5.74, 6) is 0.594. The number of carbonyl (C=O) groups is 1. The number of amides is 1. The molecule has 5 nitrogen and oxygen atoms in total. The fourth-order valence-corrected chi connectivity index (χ4v) is 1.43. The number of hydrogen-bond donors (Lipinski definition) is 2. The van der Waals surface area contributed by atoms with Gasteiger partial charge in [0.25, 0.3) is 5.91 Å². The van der Waals surface area contributed by atoms with Gasteiger partial charge in [-0.3, -0.25) is 4.79 Å². The molecule has 1 aromatic rings. The Kier molecular flexibility index (Phi) is 4.78. The lowest BCUT2D eigenvalue weighted by atomic mass is 10.1. The second kappa shape index (κ2) is 6.10. The molecular weight excluding hydrogens is 218 g/mol. The molecule has 0 bridgehead atoms. The Morgan fingerprint density at radius 3 is 2.71 bits per heavy atom. The zero-order chi connectivity index (χ0) is 12.8. The third-order valence-corrected chi connectivity index (χ3v) is 2.32. The van der Waals surface area contributed by atoms with Gasteiger partial charge in [-0.1, -0.05) is 0 Å². The standard InChI is InChI=1S/C12H19N3O2/c1-15(2)12(16)10-8-9(17-3)4-5-11(10)14-7-6-13/h4-5,8,14H,6-7,13H2,1-3H3. The first-order valence-corrected chi connectivity index (χ1v) is 5.43. The largest absolute Gasteiger partial charge is 0.497 e. The van der Waals surface area contributed by atoms with Crippen molar-refractivity contribution in [2.45, 2.75) is 0 Å². The van der Waals surface area contributed by atoms with Crippen molar-refractivity contribution in [1.82, 2.24) is 4.90 Å². The van der Waals surface area contributed by atoms with Crippen LogP contribution in [-0.2, 0) is 0 Å². The van der Waals surface area contributed by atoms with E-state index in [2.05, 4.69) is 5.32 Å². The summed E-state index contributed by atoms with van der Waals surface area (Å²) >= 11 is 0. The van der Waals surface area contributed by atoms with Crippen LogP contribution in [0.15, 0.2) is 18.2 Å². The number of methoxy groups -OCH3 is 1. The number of anilines is 1. The smallest absolute Gasteiger partial charge is 0.255 e. The van der Waals surface area contributed by atoms with Crippen LogP contribution in [0.2, 0.25) is 0 Å². The molecule has 5 heteroatoms. The maximum atomic E-state index is 12.0. The molecule has 3 N–H and O–H groups in total. The van der Waals surface area contributed by atoms with Gasteiger partial charge >= 0.3 is 0 Å². The van der Waals surface area contributed by atoms with Crippen LogP contribution in [0, 0.1) is 0 Å². The molecule has 1 aromatic carbocycles. The van der Waals surface area contributed by atoms with E-state index in [4.69, 9.17) is 10.5 Å². The van der Waals surface area contributed by atoms with Crippen LogP contribution in [0.3, 0.4) is 0 Å². The predicted octanol–water partition coefficient (Wildman–Crippen LogP) is 0.768. The summed E-state index contributed by atoms with van der Waals surface area (Å²) in [6.45, 7) is 1.14. The van der Waals surface area contributed by atoms with Gasteiger partial charge in [0.05, 0.1) is 12.7 Å². The molecule has 0 aliphatic carbocycles. The van der Waals surface area contributed by atoms with Crippen LogP contribution in [0.1, 0.15) is 10.4 Å². The minimum atomic E-state index is -0.0663. The fourth-order valence-electron chi connectivity index (χ4n) is 1.43. The average molecular weight is 237 g/mol. The molecule has 0 aliphatic heterocycles. The molecule has 0 heterocycles. The topological polar surface area (TPSA) is 67.6 Å². The summed E-state index contributed by atoms with van der Waals surface area (Å²) in [5, 5.41) is 3.12. The summed E-state index contributed by atoms with van der Waals surface area (Å²) < 4.78 is 5.12. The van der Waals surface area contributed by atoms with E-state index >= 15 is 0 Å². The molecule has 0 unspecified atom stereocenters. The maximum absolute atomic E-state index is 12.0. The molecule has 0 aromatic heterocycles. The maximum Gasteiger partial charge on any atom is 0.255 e. The Morgan fingerprint density at radius 1 is 1.47 bits per heavy atom. The lowest BCUT2D eigenvalue weighted by Crippen LogP contribution is -2.24. The van der Waals surface area contributed by atoms with Crippen LogP contribution in [0.25, 0.3) is 0 Å². The van der Waals surface area contributed by atoms with E-state index in [1.165, 1.54) is 4.90 Å². The van der Waals surface area contributed by atoms with Crippen LogP contribution < -0.4 is 15.8 Å². The third kappa shape index (κ3) is 3.35. The van der Waals surface area contributed by atoms with Gasteiger partial charge in [0, 0.05) is 32.9 Å². The summed E-state index contributed by atoms with van der Waals surface area (Å²) in [6, 6.07) is 5.36. The molecule has 0 atom stereocenters. The minimum absolute atomic E-state index is 0.0663. The zero-order valence-electron chi connectivity index (χ0n) is 10.5. The first-order valence-electron chi connectivity index (χ1n) is 5.43. The van der Waals surface area contributed by atoms with Crippen molar-refractivity contribution in [2.75, 3.05) is 39.6 Å². The highest BCUT2D eigenvalue weighted by atomic mass is 16.5. The van der Waals surface area contributed by atoms with Crippen molar-refractivity contribution in [3.8, 4) is 5.75 Å². The van der Waals surface area contributed by atoms with Gasteiger partial charge in [-0.2, -0.15) is 0 Å². The first kappa shape index (κ1) is 13.3. The Morgan fingerprint density at radius 2 is 2.18 bits per heavy atom. The second-order valence-corrected chi connectivity index (χ2v) is 3.83. The number of nitrogens with zero attached hydrogens (tertiary/aromatic N) is 1. The second-order valence-electron chi connectivity index (χ2n) is 3.83. The molecule has 1 rings (SSSR count). The lowest BCUT2D eigenvalue weighted by Gasteiger charge is -2.16. The summed E-state index contributed by atoms with van der Waals surface area (Å²) in [5.41, 5.74) is 6.79. The number of benzene rings is 1. The van der Waals surface area contributed by atoms with Crippen molar-refractivity contribution in [1.29, 1.82) is 0 Å². The zero-order valence-corrected chi connectivity index (χ0v) is 10.5. The van der Waals surface area contributed by atoms with Gasteiger partial charge in [-0.25, -0.2) is 0 Å². The van der Waals surface area contributed by atoms with Crippen molar-refractivity contribution in [3.63, 3.8) is 0 Å². The Bertz CT molecular complexity index is 391. The number of ether oxygens (including phenoxy) is 1. The Labute approximate surface area is 102 Å². The lowest BCUT2D eigenvalue weighted by molar-refractivity contribution is 0.0828. The first-order chi connectivity index (χ1) is 8.10. The van der Waals surface area contributed by atoms with Crippen LogP contribution in [0.5, 0.6) is 5.75 Å². The van der Waals surface area contributed by atoms with E-state index in [9.17, 15) is 4.79 Å². The van der Waals surface area contributed by atoms with Crippen LogP contribution in [-0.4, -0.2) is 45.1 Å². The van der Waals surface area contributed by atoms with Gasteiger partial charge in [0.15, 0.2) is 0 Å². The molecule has 0 saturated heterocycles. The molecule has 0 fully saturated rings. The van der Waals surface area contributed by atoms with Crippen molar-refractivity contribution >= 4 is 11.6 Å². The van der Waals surface area contributed by atoms with Crippen LogP contribution in [0.4, 0.5) is 5.69 Å². The van der Waals surface area contributed by atoms with Crippen LogP contribution >= 0.6 is 0 Å². The van der Waals surface area contributed by atoms with E-state index in [0.29, 0.717) is 24.4 Å². The number of carbonyl (C=O) groups excluding carboxylic acids is 1. The molecule has 1 amide bonds. The molecule has 0 spiro atoms. The van der Waals surface area contributed by atoms with E-state index < -0.39 is 0 Å². The number of nitrogens with one attached hydrogen (secondary N) is 1. The predicted molar refractivity (Wildman–Crippen MR) is 68.6 cm³/mol. The third-order valence-electron chi connectivity index (χ3n) is 2.32. The molecular formula is C12H19N3O2. The number of hydrogen-bond acceptors (Lipinski definition) is 4. The normalized spacial score (nSPS) is 9.88. The van der Waals surface area contributed by atoms with Gasteiger partial charge < -0.3 is 20.7 Å². The average Bonchev–Trinajstić information content (AvgIpc) is 2.35. The summed E-state index contributed by atoms with van der Waals surface area (Å²) in [6.07, 6.45) is 0. The Balaban J connectivity index is 3.06. The Hall–Kier alpha value is -1.75. The van der Waals surface area contributed by atoms with E-state index in [0.717, 1.165) is 5.69 Å².